The summed E-state index contributed by atoms with van der Waals surface area (Å²) in [5.41, 5.74) is -11.0. The number of benzene rings is 1. The number of alkyl halides is 6. The Morgan fingerprint density at radius 1 is 0.867 bits per heavy atom. The van der Waals surface area contributed by atoms with Gasteiger partial charge in [0.1, 0.15) is 6.54 Å². The maximum Gasteiger partial charge on any atom is 0.480 e. The van der Waals surface area contributed by atoms with Crippen LogP contribution in [0.1, 0.15) is 18.4 Å². The van der Waals surface area contributed by atoms with Gasteiger partial charge in [0, 0.05) is 18.4 Å². The highest BCUT2D eigenvalue weighted by Crippen LogP contribution is 2.36. The summed E-state index contributed by atoms with van der Waals surface area (Å²) >= 11 is 0. The first-order valence-corrected chi connectivity index (χ1v) is 10.9. The molecule has 0 fully saturated rings. The normalized spacial score (nSPS) is 12.8. The lowest BCUT2D eigenvalue weighted by Gasteiger charge is -2.22. The molecule has 0 saturated carbocycles. The first-order valence-electron chi connectivity index (χ1n) is 8.03. The zero-order chi connectivity index (χ0) is 23.6. The molecule has 0 aliphatic carbocycles. The molecule has 0 unspecified atom stereocenters. The standard InChI is InChI=1S/C14H19N.C2F6NO4S2/c1-3-8-14(9-4-2)15-12-13-10-6-5-7-11-13;3-1(4,5)14(10,11)9-15(12,13)2(6,7)8/h3-7,10-11,14-15H,1-2,8-9,12H2;/q;-1/p+1. The third kappa shape index (κ3) is 9.73. The first kappa shape index (κ1) is 28.1. The van der Waals surface area contributed by atoms with Gasteiger partial charge in [-0.05, 0) is 0 Å². The minimum Gasteiger partial charge on any atom is -0.421 e. The van der Waals surface area contributed by atoms with Crippen LogP contribution in [0.2, 0.25) is 0 Å². The van der Waals surface area contributed by atoms with Crippen LogP contribution in [0, 0.1) is 0 Å². The van der Waals surface area contributed by atoms with Gasteiger partial charge in [0.15, 0.2) is 20.0 Å². The average molecular weight is 482 g/mol. The van der Waals surface area contributed by atoms with E-state index in [0.29, 0.717) is 6.04 Å². The molecule has 6 nitrogen and oxygen atoms in total. The van der Waals surface area contributed by atoms with Gasteiger partial charge in [-0.2, -0.15) is 26.3 Å². The second kappa shape index (κ2) is 11.5. The molecule has 0 aromatic heterocycles. The molecule has 0 aliphatic heterocycles. The third-order valence-electron chi connectivity index (χ3n) is 3.25. The number of nitrogens with two attached hydrogens (primary N) is 1. The Labute approximate surface area is 170 Å². The van der Waals surface area contributed by atoms with Gasteiger partial charge in [0.05, 0.1) is 6.04 Å². The number of halogens is 6. The van der Waals surface area contributed by atoms with E-state index >= 15 is 0 Å². The molecule has 1 aromatic rings. The second-order valence-electron chi connectivity index (χ2n) is 5.65. The zero-order valence-corrected chi connectivity index (χ0v) is 17.0. The minimum absolute atomic E-state index is 0.584. The lowest BCUT2D eigenvalue weighted by Crippen LogP contribution is -2.88. The summed E-state index contributed by atoms with van der Waals surface area (Å²) in [6.45, 7) is 8.60. The lowest BCUT2D eigenvalue weighted by atomic mass is 10.1. The lowest BCUT2D eigenvalue weighted by molar-refractivity contribution is -0.703. The van der Waals surface area contributed by atoms with Crippen LogP contribution in [-0.4, -0.2) is 33.9 Å². The Morgan fingerprint density at radius 3 is 1.60 bits per heavy atom. The van der Waals surface area contributed by atoms with Crippen LogP contribution in [0.25, 0.3) is 4.13 Å². The number of hydrogen-bond acceptors (Lipinski definition) is 4. The monoisotopic (exact) mass is 482 g/mol. The van der Waals surface area contributed by atoms with Gasteiger partial charge in [-0.15, -0.1) is 13.2 Å². The van der Waals surface area contributed by atoms with Gasteiger partial charge in [0.25, 0.3) is 0 Å². The smallest absolute Gasteiger partial charge is 0.421 e. The molecule has 30 heavy (non-hydrogen) atoms. The van der Waals surface area contributed by atoms with Crippen LogP contribution in [0.4, 0.5) is 26.3 Å². The van der Waals surface area contributed by atoms with Gasteiger partial charge in [-0.1, -0.05) is 42.5 Å². The van der Waals surface area contributed by atoms with Gasteiger partial charge < -0.3 is 9.44 Å². The van der Waals surface area contributed by atoms with Crippen molar-refractivity contribution in [2.45, 2.75) is 36.4 Å². The topological polar surface area (TPSA) is 99.0 Å². The zero-order valence-electron chi connectivity index (χ0n) is 15.4. The Bertz CT molecular complexity index is 831. The Morgan fingerprint density at radius 2 is 1.27 bits per heavy atom. The van der Waals surface area contributed by atoms with Crippen molar-refractivity contribution in [2.75, 3.05) is 0 Å². The van der Waals surface area contributed by atoms with Crippen molar-refractivity contribution in [1.82, 2.24) is 0 Å². The molecule has 0 amide bonds. The summed E-state index contributed by atoms with van der Waals surface area (Å²) in [5.74, 6) is 0. The molecule has 0 spiro atoms. The van der Waals surface area contributed by atoms with E-state index in [0.717, 1.165) is 23.5 Å². The van der Waals surface area contributed by atoms with Gasteiger partial charge in [-0.3, -0.25) is 0 Å². The molecule has 0 heterocycles. The molecule has 14 heteroatoms. The number of hydrogen-bond donors (Lipinski definition) is 1. The van der Waals surface area contributed by atoms with Crippen LogP contribution in [-0.2, 0) is 26.6 Å². The number of nitrogens with zero attached hydrogens (tertiary/aromatic N) is 1. The maximum atomic E-state index is 11.4. The van der Waals surface area contributed by atoms with E-state index < -0.39 is 31.1 Å². The highest BCUT2D eigenvalue weighted by atomic mass is 32.3. The van der Waals surface area contributed by atoms with E-state index in [2.05, 4.69) is 48.8 Å². The van der Waals surface area contributed by atoms with Crippen molar-refractivity contribution < 1.29 is 48.5 Å². The highest BCUT2D eigenvalue weighted by Gasteiger charge is 2.46. The van der Waals surface area contributed by atoms with E-state index in [-0.39, 0.29) is 0 Å². The van der Waals surface area contributed by atoms with Crippen molar-refractivity contribution >= 4 is 20.0 Å². The Hall–Kier alpha value is -1.90. The van der Waals surface area contributed by atoms with Crippen LogP contribution in [0.3, 0.4) is 0 Å². The van der Waals surface area contributed by atoms with Gasteiger partial charge in [-0.25, -0.2) is 16.8 Å². The second-order valence-corrected chi connectivity index (χ2v) is 9.07. The molecule has 0 saturated heterocycles. The quantitative estimate of drug-likeness (QED) is 0.431. The predicted molar refractivity (Wildman–Crippen MR) is 98.8 cm³/mol. The molecule has 2 N–H and O–H groups in total. The van der Waals surface area contributed by atoms with Crippen molar-refractivity contribution in [3.05, 3.63) is 65.3 Å². The summed E-state index contributed by atoms with van der Waals surface area (Å²) < 4.78 is 109. The van der Waals surface area contributed by atoms with E-state index in [4.69, 9.17) is 0 Å². The molecule has 1 aromatic carbocycles. The highest BCUT2D eigenvalue weighted by molar-refractivity contribution is 8.13. The molecule has 1 rings (SSSR count). The predicted octanol–water partition coefficient (Wildman–Crippen LogP) is 3.33. The van der Waals surface area contributed by atoms with Gasteiger partial charge >= 0.3 is 11.0 Å². The molecular weight excluding hydrogens is 462 g/mol. The largest absolute Gasteiger partial charge is 0.480 e. The number of sulfonamides is 2. The van der Waals surface area contributed by atoms with Crippen molar-refractivity contribution in [2.24, 2.45) is 0 Å². The Kier molecular flexibility index (Phi) is 10.8. The minimum atomic E-state index is -6.72. The summed E-state index contributed by atoms with van der Waals surface area (Å²) in [7, 11) is -13.4. The van der Waals surface area contributed by atoms with Crippen LogP contribution < -0.4 is 5.32 Å². The number of rotatable bonds is 9. The van der Waals surface area contributed by atoms with E-state index in [1.807, 2.05) is 12.2 Å². The summed E-state index contributed by atoms with van der Waals surface area (Å²) in [6.07, 6.45) is 6.04. The Balaban J connectivity index is 0.000000561. The molecular formula is C16H20F6N2O4S2. The van der Waals surface area contributed by atoms with Crippen molar-refractivity contribution in [3.63, 3.8) is 0 Å². The van der Waals surface area contributed by atoms with Crippen LogP contribution in [0.5, 0.6) is 0 Å². The van der Waals surface area contributed by atoms with E-state index in [1.54, 1.807) is 0 Å². The maximum absolute atomic E-state index is 11.4. The third-order valence-corrected chi connectivity index (χ3v) is 5.99. The number of quaternary nitrogens is 1. The SMILES string of the molecule is C=CCC(CC=C)[NH2+]Cc1ccccc1.O=S(=O)([N-]S(=O)(=O)C(F)(F)F)C(F)(F)F. The van der Waals surface area contributed by atoms with Crippen LogP contribution >= 0.6 is 0 Å². The molecule has 0 aliphatic rings. The average Bonchev–Trinajstić information content (AvgIpc) is 2.59. The van der Waals surface area contributed by atoms with E-state index in [1.165, 1.54) is 5.56 Å². The summed E-state index contributed by atoms with van der Waals surface area (Å²) in [5, 5.41) is 2.36. The van der Waals surface area contributed by atoms with Crippen LogP contribution in [0.15, 0.2) is 55.6 Å². The van der Waals surface area contributed by atoms with Crippen molar-refractivity contribution in [1.29, 1.82) is 0 Å². The molecule has 172 valence electrons. The first-order chi connectivity index (χ1) is 13.6. The molecule has 0 atom stereocenters. The molecule has 0 bridgehead atoms. The van der Waals surface area contributed by atoms with Gasteiger partial charge in [0.2, 0.25) is 0 Å². The van der Waals surface area contributed by atoms with Crippen molar-refractivity contribution in [3.8, 4) is 0 Å². The van der Waals surface area contributed by atoms with E-state index in [9.17, 15) is 43.2 Å². The summed E-state index contributed by atoms with van der Waals surface area (Å²) in [4.78, 5) is 0. The fourth-order valence-corrected chi connectivity index (χ4v) is 3.56. The fraction of sp³-hybridized carbons (Fsp3) is 0.375. The molecule has 0 radical (unpaired) electrons. The summed E-state index contributed by atoms with van der Waals surface area (Å²) in [6, 6.07) is 11.1. The fourth-order valence-electron chi connectivity index (χ4n) is 1.85.